The van der Waals surface area contributed by atoms with E-state index in [-0.39, 0.29) is 6.10 Å². The third-order valence-corrected chi connectivity index (χ3v) is 5.17. The number of nitrogens with one attached hydrogen (secondary N) is 1. The Kier molecular flexibility index (Phi) is 6.79. The van der Waals surface area contributed by atoms with Crippen molar-refractivity contribution in [2.24, 2.45) is 0 Å². The molecule has 0 amide bonds. The second-order valence-electron chi connectivity index (χ2n) is 7.02. The maximum absolute atomic E-state index is 6.17. The molecule has 1 N–H and O–H groups in total. The molecule has 1 atom stereocenters. The third kappa shape index (κ3) is 5.21. The molecule has 31 heavy (non-hydrogen) atoms. The highest BCUT2D eigenvalue weighted by atomic mass is 35.5. The molecule has 2 heterocycles. The molecule has 1 unspecified atom stereocenters. The lowest BCUT2D eigenvalue weighted by molar-refractivity contribution is 0.0682. The Bertz CT molecular complexity index is 1020. The van der Waals surface area contributed by atoms with Crippen LogP contribution in [0.15, 0.2) is 40.9 Å². The van der Waals surface area contributed by atoms with E-state index in [1.807, 2.05) is 18.2 Å². The fourth-order valence-corrected chi connectivity index (χ4v) is 3.49. The average Bonchev–Trinajstić information content (AvgIpc) is 3.48. The van der Waals surface area contributed by atoms with Crippen molar-refractivity contribution in [2.45, 2.75) is 25.5 Å². The van der Waals surface area contributed by atoms with Gasteiger partial charge in [-0.1, -0.05) is 16.8 Å². The molecule has 1 aliphatic rings. The molecule has 0 saturated carbocycles. The molecule has 0 spiro atoms. The molecule has 1 saturated heterocycles. The van der Waals surface area contributed by atoms with Gasteiger partial charge >= 0.3 is 0 Å². The number of halogens is 1. The van der Waals surface area contributed by atoms with Crippen LogP contribution in [-0.4, -0.2) is 43.7 Å². The summed E-state index contributed by atoms with van der Waals surface area (Å²) in [5.41, 5.74) is 1.45. The first kappa shape index (κ1) is 21.3. The van der Waals surface area contributed by atoms with Gasteiger partial charge in [0.15, 0.2) is 0 Å². The van der Waals surface area contributed by atoms with E-state index in [0.29, 0.717) is 52.7 Å². The Morgan fingerprint density at radius 1 is 1.13 bits per heavy atom. The summed E-state index contributed by atoms with van der Waals surface area (Å²) >= 11 is 6.17. The zero-order chi connectivity index (χ0) is 21.6. The van der Waals surface area contributed by atoms with E-state index >= 15 is 0 Å². The summed E-state index contributed by atoms with van der Waals surface area (Å²) in [6.07, 6.45) is 2.20. The molecule has 1 aromatic heterocycles. The zero-order valence-corrected chi connectivity index (χ0v) is 18.1. The number of rotatable bonds is 9. The minimum absolute atomic E-state index is 0.126. The molecule has 1 aliphatic heterocycles. The van der Waals surface area contributed by atoms with Gasteiger partial charge in [0.1, 0.15) is 23.9 Å². The number of hydrogen-bond acceptors (Lipinski definition) is 8. The number of nitrogens with zero attached hydrogens (tertiary/aromatic N) is 2. The predicted molar refractivity (Wildman–Crippen MR) is 116 cm³/mol. The van der Waals surface area contributed by atoms with Gasteiger partial charge in [0.25, 0.3) is 0 Å². The van der Waals surface area contributed by atoms with Crippen LogP contribution >= 0.6 is 11.6 Å². The van der Waals surface area contributed by atoms with Gasteiger partial charge in [0.2, 0.25) is 11.7 Å². The molecular formula is C22H24ClN3O5. The normalized spacial score (nSPS) is 15.6. The van der Waals surface area contributed by atoms with E-state index in [1.54, 1.807) is 32.4 Å². The molecule has 9 heteroatoms. The number of methoxy groups -OCH3 is 2. The van der Waals surface area contributed by atoms with Crippen molar-refractivity contribution in [2.75, 3.05) is 32.8 Å². The third-order valence-electron chi connectivity index (χ3n) is 4.94. The first-order valence-corrected chi connectivity index (χ1v) is 10.4. The van der Waals surface area contributed by atoms with Crippen LogP contribution in [0.1, 0.15) is 18.7 Å². The second-order valence-corrected chi connectivity index (χ2v) is 7.45. The summed E-state index contributed by atoms with van der Waals surface area (Å²) in [5.74, 6) is 2.81. The molecule has 2 aromatic carbocycles. The highest BCUT2D eigenvalue weighted by Crippen LogP contribution is 2.32. The maximum atomic E-state index is 6.17. The summed E-state index contributed by atoms with van der Waals surface area (Å²) in [4.78, 5) is 4.47. The predicted octanol–water partition coefficient (Wildman–Crippen LogP) is 4.58. The van der Waals surface area contributed by atoms with Gasteiger partial charge in [0.05, 0.1) is 38.1 Å². The quantitative estimate of drug-likeness (QED) is 0.512. The van der Waals surface area contributed by atoms with Gasteiger partial charge < -0.3 is 28.8 Å². The van der Waals surface area contributed by atoms with Crippen LogP contribution in [0.5, 0.6) is 17.2 Å². The number of aromatic nitrogens is 2. The fourth-order valence-electron chi connectivity index (χ4n) is 3.31. The summed E-state index contributed by atoms with van der Waals surface area (Å²) < 4.78 is 27.6. The summed E-state index contributed by atoms with van der Waals surface area (Å²) in [6, 6.07) is 10.8. The van der Waals surface area contributed by atoms with Crippen LogP contribution in [0.25, 0.3) is 11.4 Å². The highest BCUT2D eigenvalue weighted by Gasteiger charge is 2.18. The van der Waals surface area contributed by atoms with E-state index in [0.717, 1.165) is 25.1 Å². The summed E-state index contributed by atoms with van der Waals surface area (Å²) in [7, 11) is 3.18. The van der Waals surface area contributed by atoms with Crippen LogP contribution in [0.3, 0.4) is 0 Å². The Morgan fingerprint density at radius 3 is 2.81 bits per heavy atom. The molecule has 4 rings (SSSR count). The van der Waals surface area contributed by atoms with Crippen molar-refractivity contribution in [1.29, 1.82) is 0 Å². The number of benzene rings is 2. The number of ether oxygens (including phenoxy) is 4. The first-order valence-electron chi connectivity index (χ1n) is 9.99. The van der Waals surface area contributed by atoms with Gasteiger partial charge in [-0.3, -0.25) is 0 Å². The molecule has 0 aliphatic carbocycles. The van der Waals surface area contributed by atoms with E-state index in [4.69, 9.17) is 35.1 Å². The molecule has 3 aromatic rings. The lowest BCUT2D eigenvalue weighted by Crippen LogP contribution is -2.17. The van der Waals surface area contributed by atoms with Crippen molar-refractivity contribution >= 4 is 17.3 Å². The van der Waals surface area contributed by atoms with Crippen molar-refractivity contribution < 1.29 is 23.5 Å². The highest BCUT2D eigenvalue weighted by molar-refractivity contribution is 6.30. The molecule has 1 fully saturated rings. The van der Waals surface area contributed by atoms with Crippen LogP contribution in [0, 0.1) is 0 Å². The topological polar surface area (TPSA) is 87.9 Å². The second kappa shape index (κ2) is 9.89. The van der Waals surface area contributed by atoms with Gasteiger partial charge in [-0.15, -0.1) is 0 Å². The van der Waals surface area contributed by atoms with E-state index in [9.17, 15) is 0 Å². The molecule has 0 radical (unpaired) electrons. The van der Waals surface area contributed by atoms with Crippen molar-refractivity contribution in [3.05, 3.63) is 47.3 Å². The smallest absolute Gasteiger partial charge is 0.246 e. The summed E-state index contributed by atoms with van der Waals surface area (Å²) in [6.45, 7) is 1.60. The zero-order valence-electron chi connectivity index (χ0n) is 17.4. The first-order chi connectivity index (χ1) is 15.2. The van der Waals surface area contributed by atoms with Crippen molar-refractivity contribution in [3.63, 3.8) is 0 Å². The SMILES string of the molecule is COc1ccc(-c2noc(CNc3cc(Cl)ccc3OCC3CCCO3)n2)c(OC)c1. The number of hydrogen-bond donors (Lipinski definition) is 1. The molecule has 0 bridgehead atoms. The lowest BCUT2D eigenvalue weighted by atomic mass is 10.2. The summed E-state index contributed by atoms with van der Waals surface area (Å²) in [5, 5.41) is 7.93. The van der Waals surface area contributed by atoms with Crippen molar-refractivity contribution in [3.8, 4) is 28.6 Å². The monoisotopic (exact) mass is 445 g/mol. The fraction of sp³-hybridized carbons (Fsp3) is 0.364. The van der Waals surface area contributed by atoms with Gasteiger partial charge in [-0.2, -0.15) is 4.98 Å². The Balaban J connectivity index is 1.44. The van der Waals surface area contributed by atoms with Crippen molar-refractivity contribution in [1.82, 2.24) is 10.1 Å². The van der Waals surface area contributed by atoms with Crippen LogP contribution in [-0.2, 0) is 11.3 Å². The molecular weight excluding hydrogens is 422 g/mol. The Labute approximate surface area is 185 Å². The van der Waals surface area contributed by atoms with E-state index in [1.165, 1.54) is 0 Å². The van der Waals surface area contributed by atoms with Crippen LogP contribution < -0.4 is 19.5 Å². The van der Waals surface area contributed by atoms with Gasteiger partial charge in [0, 0.05) is 17.7 Å². The molecule has 8 nitrogen and oxygen atoms in total. The van der Waals surface area contributed by atoms with E-state index in [2.05, 4.69) is 15.5 Å². The lowest BCUT2D eigenvalue weighted by Gasteiger charge is -2.15. The van der Waals surface area contributed by atoms with Crippen LogP contribution in [0.2, 0.25) is 5.02 Å². The number of anilines is 1. The average molecular weight is 446 g/mol. The minimum atomic E-state index is 0.126. The Morgan fingerprint density at radius 2 is 2.03 bits per heavy atom. The standard InChI is InChI=1S/C22H24ClN3O5/c1-27-15-6-7-17(20(11-15)28-2)22-25-21(31-26-22)12-24-18-10-14(23)5-8-19(18)30-13-16-4-3-9-29-16/h5-8,10-11,16,24H,3-4,9,12-13H2,1-2H3. The van der Waals surface area contributed by atoms with Crippen LogP contribution in [0.4, 0.5) is 5.69 Å². The van der Waals surface area contributed by atoms with E-state index < -0.39 is 0 Å². The van der Waals surface area contributed by atoms with Gasteiger partial charge in [-0.05, 0) is 43.2 Å². The molecule has 164 valence electrons. The maximum Gasteiger partial charge on any atom is 0.246 e. The van der Waals surface area contributed by atoms with Gasteiger partial charge in [-0.25, -0.2) is 0 Å². The Hall–Kier alpha value is -2.97. The largest absolute Gasteiger partial charge is 0.497 e. The minimum Gasteiger partial charge on any atom is -0.497 e.